The first-order chi connectivity index (χ1) is 7.49. The maximum absolute atomic E-state index is 11.8. The van der Waals surface area contributed by atoms with Gasteiger partial charge in [0.25, 0.3) is 0 Å². The minimum atomic E-state index is -3.09. The van der Waals surface area contributed by atoms with Gasteiger partial charge in [0.05, 0.1) is 5.75 Å². The monoisotopic (exact) mass is 246 g/mol. The maximum atomic E-state index is 11.8. The van der Waals surface area contributed by atoms with Crippen molar-refractivity contribution in [3.63, 3.8) is 0 Å². The van der Waals surface area contributed by atoms with Crippen molar-refractivity contribution in [1.29, 1.82) is 0 Å². The molecule has 0 aromatic heterocycles. The van der Waals surface area contributed by atoms with Crippen LogP contribution in [0.25, 0.3) is 0 Å². The predicted molar refractivity (Wildman–Crippen MR) is 64.8 cm³/mol. The van der Waals surface area contributed by atoms with E-state index in [-0.39, 0.29) is 17.2 Å². The van der Waals surface area contributed by atoms with E-state index in [2.05, 4.69) is 17.0 Å². The first-order valence-corrected chi connectivity index (χ1v) is 7.85. The Morgan fingerprint density at radius 3 is 2.62 bits per heavy atom. The maximum Gasteiger partial charge on any atom is 0.213 e. The molecule has 2 rings (SSSR count). The quantitative estimate of drug-likeness (QED) is 0.756. The van der Waals surface area contributed by atoms with Gasteiger partial charge in [-0.1, -0.05) is 13.3 Å². The number of hydrogen-bond donors (Lipinski definition) is 2. The zero-order valence-corrected chi connectivity index (χ0v) is 10.8. The molecular weight excluding hydrogens is 224 g/mol. The van der Waals surface area contributed by atoms with Crippen LogP contribution in [0.4, 0.5) is 0 Å². The average molecular weight is 246 g/mol. The Labute approximate surface area is 98.2 Å². The van der Waals surface area contributed by atoms with Crippen molar-refractivity contribution in [2.75, 3.05) is 18.8 Å². The SMILES string of the molecule is CC1(CNS(=O)(=O)CC2CCCN2)CCC1. The van der Waals surface area contributed by atoms with Crippen LogP contribution >= 0.6 is 0 Å². The molecule has 0 aromatic carbocycles. The Morgan fingerprint density at radius 1 is 1.38 bits per heavy atom. The highest BCUT2D eigenvalue weighted by Crippen LogP contribution is 2.39. The third-order valence-electron chi connectivity index (χ3n) is 3.86. The summed E-state index contributed by atoms with van der Waals surface area (Å²) in [6, 6.07) is 0.159. The van der Waals surface area contributed by atoms with Crippen LogP contribution in [0.3, 0.4) is 0 Å². The van der Waals surface area contributed by atoms with Crippen molar-refractivity contribution in [1.82, 2.24) is 10.0 Å². The van der Waals surface area contributed by atoms with Crippen LogP contribution in [0.15, 0.2) is 0 Å². The summed E-state index contributed by atoms with van der Waals surface area (Å²) in [6.45, 7) is 3.73. The number of hydrogen-bond acceptors (Lipinski definition) is 3. The molecule has 16 heavy (non-hydrogen) atoms. The highest BCUT2D eigenvalue weighted by atomic mass is 32.2. The number of rotatable bonds is 5. The van der Waals surface area contributed by atoms with E-state index in [1.165, 1.54) is 6.42 Å². The van der Waals surface area contributed by atoms with Gasteiger partial charge in [0.2, 0.25) is 10.0 Å². The topological polar surface area (TPSA) is 58.2 Å². The van der Waals surface area contributed by atoms with E-state index in [1.807, 2.05) is 0 Å². The van der Waals surface area contributed by atoms with E-state index in [1.54, 1.807) is 0 Å². The van der Waals surface area contributed by atoms with Crippen LogP contribution < -0.4 is 10.0 Å². The molecule has 0 bridgehead atoms. The zero-order valence-electron chi connectivity index (χ0n) is 9.96. The fourth-order valence-electron chi connectivity index (χ4n) is 2.46. The molecule has 1 heterocycles. The highest BCUT2D eigenvalue weighted by molar-refractivity contribution is 7.89. The van der Waals surface area contributed by atoms with Crippen LogP contribution in [-0.2, 0) is 10.0 Å². The van der Waals surface area contributed by atoms with Crippen LogP contribution in [0.2, 0.25) is 0 Å². The van der Waals surface area contributed by atoms with E-state index in [4.69, 9.17) is 0 Å². The number of nitrogens with one attached hydrogen (secondary N) is 2. The molecule has 1 aliphatic heterocycles. The molecule has 1 unspecified atom stereocenters. The molecule has 2 aliphatic rings. The molecule has 0 aromatic rings. The van der Waals surface area contributed by atoms with Gasteiger partial charge in [-0.05, 0) is 37.6 Å². The predicted octanol–water partition coefficient (Wildman–Crippen LogP) is 0.848. The zero-order chi connectivity index (χ0) is 11.6. The Hall–Kier alpha value is -0.130. The molecule has 0 amide bonds. The van der Waals surface area contributed by atoms with E-state index < -0.39 is 10.0 Å². The van der Waals surface area contributed by atoms with Crippen molar-refractivity contribution in [2.45, 2.75) is 45.1 Å². The van der Waals surface area contributed by atoms with Gasteiger partial charge >= 0.3 is 0 Å². The van der Waals surface area contributed by atoms with E-state index in [0.717, 1.165) is 32.2 Å². The smallest absolute Gasteiger partial charge is 0.213 e. The molecule has 1 atom stereocenters. The van der Waals surface area contributed by atoms with Crippen LogP contribution in [0.5, 0.6) is 0 Å². The van der Waals surface area contributed by atoms with Crippen LogP contribution in [0.1, 0.15) is 39.0 Å². The van der Waals surface area contributed by atoms with Gasteiger partial charge in [-0.15, -0.1) is 0 Å². The van der Waals surface area contributed by atoms with Gasteiger partial charge in [-0.2, -0.15) is 0 Å². The van der Waals surface area contributed by atoms with Crippen molar-refractivity contribution < 1.29 is 8.42 Å². The van der Waals surface area contributed by atoms with Gasteiger partial charge in [-0.3, -0.25) is 0 Å². The molecule has 4 nitrogen and oxygen atoms in total. The lowest BCUT2D eigenvalue weighted by atomic mass is 9.71. The van der Waals surface area contributed by atoms with Gasteiger partial charge in [0.15, 0.2) is 0 Å². The van der Waals surface area contributed by atoms with Crippen molar-refractivity contribution >= 4 is 10.0 Å². The van der Waals surface area contributed by atoms with Crippen molar-refractivity contribution in [3.8, 4) is 0 Å². The van der Waals surface area contributed by atoms with Gasteiger partial charge in [0.1, 0.15) is 0 Å². The summed E-state index contributed by atoms with van der Waals surface area (Å²) < 4.78 is 26.4. The lowest BCUT2D eigenvalue weighted by Gasteiger charge is -2.38. The molecule has 2 N–H and O–H groups in total. The fraction of sp³-hybridized carbons (Fsp3) is 1.00. The minimum absolute atomic E-state index is 0.159. The highest BCUT2D eigenvalue weighted by Gasteiger charge is 2.33. The Bertz CT molecular complexity index is 330. The van der Waals surface area contributed by atoms with Gasteiger partial charge < -0.3 is 5.32 Å². The fourth-order valence-corrected chi connectivity index (χ4v) is 3.96. The molecule has 2 fully saturated rings. The Kier molecular flexibility index (Phi) is 3.56. The Balaban J connectivity index is 1.78. The second-order valence-electron chi connectivity index (χ2n) is 5.56. The molecule has 5 heteroatoms. The summed E-state index contributed by atoms with van der Waals surface area (Å²) in [5, 5.41) is 3.22. The first kappa shape index (κ1) is 12.3. The molecule has 0 radical (unpaired) electrons. The number of sulfonamides is 1. The molecule has 1 saturated heterocycles. The second kappa shape index (κ2) is 4.63. The third kappa shape index (κ3) is 3.18. The van der Waals surface area contributed by atoms with E-state index in [9.17, 15) is 8.42 Å². The summed E-state index contributed by atoms with van der Waals surface area (Å²) >= 11 is 0. The molecule has 1 saturated carbocycles. The first-order valence-electron chi connectivity index (χ1n) is 6.20. The summed E-state index contributed by atoms with van der Waals surface area (Å²) in [4.78, 5) is 0. The van der Waals surface area contributed by atoms with E-state index >= 15 is 0 Å². The second-order valence-corrected chi connectivity index (χ2v) is 7.41. The van der Waals surface area contributed by atoms with Crippen molar-refractivity contribution in [3.05, 3.63) is 0 Å². The van der Waals surface area contributed by atoms with Crippen LogP contribution in [0, 0.1) is 5.41 Å². The lowest BCUT2D eigenvalue weighted by molar-refractivity contribution is 0.166. The summed E-state index contributed by atoms with van der Waals surface area (Å²) in [5.74, 6) is 0.239. The van der Waals surface area contributed by atoms with Crippen molar-refractivity contribution in [2.24, 2.45) is 5.41 Å². The summed E-state index contributed by atoms with van der Waals surface area (Å²) in [6.07, 6.45) is 5.62. The minimum Gasteiger partial charge on any atom is -0.313 e. The molecule has 94 valence electrons. The third-order valence-corrected chi connectivity index (χ3v) is 5.29. The van der Waals surface area contributed by atoms with E-state index in [0.29, 0.717) is 6.54 Å². The summed E-state index contributed by atoms with van der Waals surface area (Å²) in [5.41, 5.74) is 0.218. The largest absolute Gasteiger partial charge is 0.313 e. The van der Waals surface area contributed by atoms with Gasteiger partial charge in [-0.25, -0.2) is 13.1 Å². The Morgan fingerprint density at radius 2 is 2.12 bits per heavy atom. The lowest BCUT2D eigenvalue weighted by Crippen LogP contribution is -2.43. The average Bonchev–Trinajstić information content (AvgIpc) is 2.63. The normalized spacial score (nSPS) is 28.9. The van der Waals surface area contributed by atoms with Gasteiger partial charge in [0, 0.05) is 12.6 Å². The molecular formula is C11H22N2O2S. The molecule has 1 aliphatic carbocycles. The summed E-state index contributed by atoms with van der Waals surface area (Å²) in [7, 11) is -3.09. The van der Waals surface area contributed by atoms with Crippen LogP contribution in [-0.4, -0.2) is 33.3 Å². The molecule has 0 spiro atoms. The standard InChI is InChI=1S/C11H22N2O2S/c1-11(5-3-6-11)9-13-16(14,15)8-10-4-2-7-12-10/h10,12-13H,2-9H2,1H3.